The summed E-state index contributed by atoms with van der Waals surface area (Å²) in [4.78, 5) is 37.2. The van der Waals surface area contributed by atoms with Gasteiger partial charge in [-0.05, 0) is 18.4 Å². The Hall–Kier alpha value is -2.90. The summed E-state index contributed by atoms with van der Waals surface area (Å²) in [5, 5.41) is 15.2. The Morgan fingerprint density at radius 3 is 2.78 bits per heavy atom. The molecular weight excluding hydrogens is 300 g/mol. The molecule has 23 heavy (non-hydrogen) atoms. The molecule has 3 N–H and O–H groups in total. The average molecular weight is 318 g/mol. The summed E-state index contributed by atoms with van der Waals surface area (Å²) in [5.41, 5.74) is 0.580. The number of nitrogens with one attached hydrogen (secondary N) is 2. The largest absolute Gasteiger partial charge is 0.480 e. The Kier molecular flexibility index (Phi) is 4.95. The highest BCUT2D eigenvalue weighted by atomic mass is 16.4. The van der Waals surface area contributed by atoms with Crippen molar-refractivity contribution in [3.05, 3.63) is 46.0 Å². The van der Waals surface area contributed by atoms with E-state index in [1.165, 1.54) is 23.0 Å². The molecule has 0 radical (unpaired) electrons. The Morgan fingerprint density at radius 2 is 2.13 bits per heavy atom. The highest BCUT2D eigenvalue weighted by Gasteiger charge is 2.11. The molecule has 0 saturated carbocycles. The van der Waals surface area contributed by atoms with Gasteiger partial charge >= 0.3 is 5.97 Å². The smallest absolute Gasteiger partial charge is 0.325 e. The first-order valence-corrected chi connectivity index (χ1v) is 7.13. The number of carboxylic acids is 1. The second-order valence-electron chi connectivity index (χ2n) is 5.60. The molecule has 0 aromatic carbocycles. The van der Waals surface area contributed by atoms with Gasteiger partial charge < -0.3 is 15.4 Å². The van der Waals surface area contributed by atoms with Gasteiger partial charge in [-0.1, -0.05) is 13.8 Å². The zero-order chi connectivity index (χ0) is 17.0. The van der Waals surface area contributed by atoms with Crippen molar-refractivity contribution in [3.63, 3.8) is 0 Å². The standard InChI is InChI=1S/C15H18N4O4/c1-9(2)5-11-6-10(7-13(20)16-11)15(23)17-12-3-4-19(18-12)8-14(21)22/h3-4,6-7,9H,5,8H2,1-2H3,(H,16,20)(H,21,22)(H,17,18,23). The van der Waals surface area contributed by atoms with E-state index in [1.54, 1.807) is 6.07 Å². The number of aromatic amines is 1. The van der Waals surface area contributed by atoms with Crippen LogP contribution in [0.1, 0.15) is 29.9 Å². The van der Waals surface area contributed by atoms with Crippen LogP contribution >= 0.6 is 0 Å². The van der Waals surface area contributed by atoms with Crippen molar-refractivity contribution in [1.29, 1.82) is 0 Å². The minimum Gasteiger partial charge on any atom is -0.480 e. The molecule has 0 aliphatic carbocycles. The number of amides is 1. The van der Waals surface area contributed by atoms with E-state index in [0.29, 0.717) is 18.0 Å². The third-order valence-electron chi connectivity index (χ3n) is 2.97. The molecule has 0 unspecified atom stereocenters. The highest BCUT2D eigenvalue weighted by Crippen LogP contribution is 2.09. The third-order valence-corrected chi connectivity index (χ3v) is 2.97. The summed E-state index contributed by atoms with van der Waals surface area (Å²) in [6.45, 7) is 3.74. The highest BCUT2D eigenvalue weighted by molar-refractivity contribution is 6.03. The average Bonchev–Trinajstić information content (AvgIpc) is 2.83. The number of carboxylic acid groups (broad SMARTS) is 1. The number of nitrogens with zero attached hydrogens (tertiary/aromatic N) is 2. The number of aromatic nitrogens is 3. The van der Waals surface area contributed by atoms with Gasteiger partial charge in [0.1, 0.15) is 6.54 Å². The predicted octanol–water partition coefficient (Wildman–Crippen LogP) is 1.11. The summed E-state index contributed by atoms with van der Waals surface area (Å²) >= 11 is 0. The minimum absolute atomic E-state index is 0.224. The lowest BCUT2D eigenvalue weighted by Crippen LogP contribution is -2.18. The van der Waals surface area contributed by atoms with Crippen LogP contribution in [0.2, 0.25) is 0 Å². The number of hydrogen-bond acceptors (Lipinski definition) is 4. The predicted molar refractivity (Wildman–Crippen MR) is 83.4 cm³/mol. The fourth-order valence-corrected chi connectivity index (χ4v) is 2.13. The molecule has 122 valence electrons. The van der Waals surface area contributed by atoms with Gasteiger partial charge in [-0.15, -0.1) is 0 Å². The zero-order valence-corrected chi connectivity index (χ0v) is 12.9. The van der Waals surface area contributed by atoms with Crippen LogP contribution in [0.4, 0.5) is 5.82 Å². The fraction of sp³-hybridized carbons (Fsp3) is 0.333. The van der Waals surface area contributed by atoms with Crippen LogP contribution in [0.3, 0.4) is 0 Å². The lowest BCUT2D eigenvalue weighted by Gasteiger charge is -2.07. The topological polar surface area (TPSA) is 117 Å². The molecule has 0 saturated heterocycles. The van der Waals surface area contributed by atoms with E-state index >= 15 is 0 Å². The molecule has 0 spiro atoms. The van der Waals surface area contributed by atoms with Crippen LogP contribution < -0.4 is 10.9 Å². The first-order valence-electron chi connectivity index (χ1n) is 7.13. The first kappa shape index (κ1) is 16.5. The van der Waals surface area contributed by atoms with E-state index in [1.807, 2.05) is 13.8 Å². The second-order valence-corrected chi connectivity index (χ2v) is 5.60. The third kappa shape index (κ3) is 4.80. The molecule has 8 heteroatoms. The summed E-state index contributed by atoms with van der Waals surface area (Å²) in [7, 11) is 0. The number of hydrogen-bond donors (Lipinski definition) is 3. The number of H-pyrrole nitrogens is 1. The molecule has 0 atom stereocenters. The van der Waals surface area contributed by atoms with Crippen molar-refractivity contribution in [2.45, 2.75) is 26.8 Å². The Morgan fingerprint density at radius 1 is 1.39 bits per heavy atom. The number of carbonyl (C=O) groups excluding carboxylic acids is 1. The van der Waals surface area contributed by atoms with Gasteiger partial charge in [0.15, 0.2) is 5.82 Å². The van der Waals surface area contributed by atoms with Gasteiger partial charge in [-0.25, -0.2) is 0 Å². The van der Waals surface area contributed by atoms with Gasteiger partial charge in [0.05, 0.1) is 0 Å². The summed E-state index contributed by atoms with van der Waals surface area (Å²) in [5.74, 6) is -0.932. The molecule has 2 rings (SSSR count). The van der Waals surface area contributed by atoms with E-state index in [-0.39, 0.29) is 23.5 Å². The zero-order valence-electron chi connectivity index (χ0n) is 12.9. The monoisotopic (exact) mass is 318 g/mol. The molecule has 2 aromatic heterocycles. The summed E-state index contributed by atoms with van der Waals surface area (Å²) in [6.07, 6.45) is 2.11. The summed E-state index contributed by atoms with van der Waals surface area (Å²) in [6, 6.07) is 4.33. The van der Waals surface area contributed by atoms with Gasteiger partial charge in [0, 0.05) is 29.6 Å². The van der Waals surface area contributed by atoms with Gasteiger partial charge in [0.25, 0.3) is 5.91 Å². The molecule has 2 heterocycles. The molecule has 0 bridgehead atoms. The normalized spacial score (nSPS) is 10.7. The molecule has 0 aliphatic heterocycles. The Bertz CT molecular complexity index is 776. The lowest BCUT2D eigenvalue weighted by molar-refractivity contribution is -0.137. The Balaban J connectivity index is 2.14. The van der Waals surface area contributed by atoms with E-state index in [0.717, 1.165) is 0 Å². The second kappa shape index (κ2) is 6.91. The number of carbonyl (C=O) groups is 2. The van der Waals surface area contributed by atoms with Gasteiger partial charge in [-0.2, -0.15) is 5.10 Å². The molecule has 1 amide bonds. The Labute approximate surface area is 132 Å². The van der Waals surface area contributed by atoms with Crippen LogP contribution in [0.25, 0.3) is 0 Å². The van der Waals surface area contributed by atoms with E-state index in [2.05, 4.69) is 15.4 Å². The molecule has 8 nitrogen and oxygen atoms in total. The van der Waals surface area contributed by atoms with Crippen molar-refractivity contribution in [3.8, 4) is 0 Å². The van der Waals surface area contributed by atoms with Crippen LogP contribution in [-0.4, -0.2) is 31.7 Å². The van der Waals surface area contributed by atoms with Gasteiger partial charge in [0.2, 0.25) is 5.56 Å². The molecule has 2 aromatic rings. The van der Waals surface area contributed by atoms with Crippen molar-refractivity contribution in [1.82, 2.24) is 14.8 Å². The fourth-order valence-electron chi connectivity index (χ4n) is 2.13. The van der Waals surface area contributed by atoms with Crippen molar-refractivity contribution >= 4 is 17.7 Å². The van der Waals surface area contributed by atoms with E-state index in [9.17, 15) is 14.4 Å². The quantitative estimate of drug-likeness (QED) is 0.737. The number of rotatable bonds is 6. The lowest BCUT2D eigenvalue weighted by atomic mass is 10.1. The first-order chi connectivity index (χ1) is 10.8. The van der Waals surface area contributed by atoms with Crippen LogP contribution in [0.5, 0.6) is 0 Å². The molecular formula is C15H18N4O4. The van der Waals surface area contributed by atoms with Crippen LogP contribution in [-0.2, 0) is 17.8 Å². The van der Waals surface area contributed by atoms with Crippen LogP contribution in [0.15, 0.2) is 29.2 Å². The van der Waals surface area contributed by atoms with Crippen molar-refractivity contribution < 1.29 is 14.7 Å². The van der Waals surface area contributed by atoms with E-state index in [4.69, 9.17) is 5.11 Å². The minimum atomic E-state index is -1.03. The van der Waals surface area contributed by atoms with E-state index < -0.39 is 11.9 Å². The maximum absolute atomic E-state index is 12.2. The van der Waals surface area contributed by atoms with Crippen molar-refractivity contribution in [2.75, 3.05) is 5.32 Å². The number of pyridine rings is 1. The molecule has 0 fully saturated rings. The van der Waals surface area contributed by atoms with Crippen LogP contribution in [0, 0.1) is 5.92 Å². The summed E-state index contributed by atoms with van der Waals surface area (Å²) < 4.78 is 1.19. The molecule has 0 aliphatic rings. The van der Waals surface area contributed by atoms with Gasteiger partial charge in [-0.3, -0.25) is 19.1 Å². The maximum Gasteiger partial charge on any atom is 0.325 e. The SMILES string of the molecule is CC(C)Cc1cc(C(=O)Nc2ccn(CC(=O)O)n2)cc(=O)[nH]1. The number of anilines is 1. The van der Waals surface area contributed by atoms with Crippen molar-refractivity contribution in [2.24, 2.45) is 5.92 Å². The number of aliphatic carboxylic acids is 1. The maximum atomic E-state index is 12.2.